The lowest BCUT2D eigenvalue weighted by Crippen LogP contribution is -1.96. The van der Waals surface area contributed by atoms with Crippen molar-refractivity contribution in [1.82, 2.24) is 0 Å². The molecule has 0 heterocycles. The summed E-state index contributed by atoms with van der Waals surface area (Å²) >= 11 is 1.29. The fraction of sp³-hybridized carbons (Fsp3) is 0.273. The molecule has 0 amide bonds. The molecule has 0 unspecified atom stereocenters. The van der Waals surface area contributed by atoms with E-state index in [1.807, 2.05) is 13.8 Å². The lowest BCUT2D eigenvalue weighted by molar-refractivity contribution is 0.606. The number of aryl methyl sites for hydroxylation is 1. The van der Waals surface area contributed by atoms with Crippen LogP contribution in [0.3, 0.4) is 0 Å². The zero-order valence-electron chi connectivity index (χ0n) is 8.65. The van der Waals surface area contributed by atoms with E-state index in [0.717, 1.165) is 11.3 Å². The van der Waals surface area contributed by atoms with Crippen molar-refractivity contribution in [3.63, 3.8) is 0 Å². The topological polar surface area (TPSA) is 34.1 Å². The monoisotopic (exact) mass is 240 g/mol. The Morgan fingerprint density at radius 2 is 1.87 bits per heavy atom. The Labute approximate surface area is 95.0 Å². The smallest absolute Gasteiger partial charge is 0.210 e. The van der Waals surface area contributed by atoms with Gasteiger partial charge in [-0.05, 0) is 24.3 Å². The lowest BCUT2D eigenvalue weighted by atomic mass is 10.2. The summed E-state index contributed by atoms with van der Waals surface area (Å²) in [4.78, 5) is 0.261. The average molecular weight is 240 g/mol. The van der Waals surface area contributed by atoms with Crippen molar-refractivity contribution in [2.24, 2.45) is 0 Å². The molecule has 1 aromatic rings. The van der Waals surface area contributed by atoms with Crippen molar-refractivity contribution < 1.29 is 8.42 Å². The Morgan fingerprint density at radius 3 is 2.40 bits per heavy atom. The Hall–Kier alpha value is -0.920. The van der Waals surface area contributed by atoms with Crippen LogP contribution >= 0.6 is 11.8 Å². The largest absolute Gasteiger partial charge is 0.246 e. The van der Waals surface area contributed by atoms with Crippen molar-refractivity contribution in [3.05, 3.63) is 29.8 Å². The van der Waals surface area contributed by atoms with Gasteiger partial charge >= 0.3 is 0 Å². The van der Waals surface area contributed by atoms with Gasteiger partial charge in [-0.25, -0.2) is 8.42 Å². The van der Waals surface area contributed by atoms with E-state index >= 15 is 0 Å². The second-order valence-corrected chi connectivity index (χ2v) is 5.71. The van der Waals surface area contributed by atoms with Crippen LogP contribution in [0.4, 0.5) is 0 Å². The van der Waals surface area contributed by atoms with Crippen LogP contribution < -0.4 is 0 Å². The van der Waals surface area contributed by atoms with Gasteiger partial charge in [-0.2, -0.15) is 0 Å². The highest BCUT2D eigenvalue weighted by Crippen LogP contribution is 2.11. The van der Waals surface area contributed by atoms with Crippen molar-refractivity contribution in [2.75, 3.05) is 5.75 Å². The first kappa shape index (κ1) is 12.2. The number of hydrogen-bond donors (Lipinski definition) is 0. The second kappa shape index (κ2) is 5.24. The van der Waals surface area contributed by atoms with Crippen molar-refractivity contribution in [1.29, 1.82) is 0 Å². The Balaban J connectivity index is 2.98. The first-order valence-corrected chi connectivity index (χ1v) is 6.98. The minimum atomic E-state index is -3.43. The summed E-state index contributed by atoms with van der Waals surface area (Å²) < 4.78 is 23.3. The maximum atomic E-state index is 11.6. The number of rotatable bonds is 2. The van der Waals surface area contributed by atoms with Crippen molar-refractivity contribution in [2.45, 2.75) is 18.7 Å². The van der Waals surface area contributed by atoms with Gasteiger partial charge in [-0.1, -0.05) is 36.4 Å². The van der Waals surface area contributed by atoms with E-state index in [1.54, 1.807) is 24.3 Å². The van der Waals surface area contributed by atoms with Gasteiger partial charge in [0.25, 0.3) is 0 Å². The summed E-state index contributed by atoms with van der Waals surface area (Å²) in [7, 11) is -3.43. The summed E-state index contributed by atoms with van der Waals surface area (Å²) in [6, 6.07) is 6.69. The van der Waals surface area contributed by atoms with Gasteiger partial charge in [0.05, 0.1) is 4.90 Å². The lowest BCUT2D eigenvalue weighted by Gasteiger charge is -1.96. The van der Waals surface area contributed by atoms with Crippen LogP contribution in [0.25, 0.3) is 0 Å². The van der Waals surface area contributed by atoms with Crippen molar-refractivity contribution >= 4 is 21.6 Å². The van der Waals surface area contributed by atoms with Crippen LogP contribution in [-0.4, -0.2) is 14.2 Å². The Morgan fingerprint density at radius 1 is 1.27 bits per heavy atom. The molecular formula is C11H12O2S2. The van der Waals surface area contributed by atoms with E-state index in [4.69, 9.17) is 0 Å². The molecule has 80 valence electrons. The number of benzene rings is 1. The van der Waals surface area contributed by atoms with E-state index in [1.165, 1.54) is 11.8 Å². The van der Waals surface area contributed by atoms with Crippen LogP contribution in [0.1, 0.15) is 12.5 Å². The summed E-state index contributed by atoms with van der Waals surface area (Å²) in [5, 5.41) is 4.85. The molecule has 0 spiro atoms. The SMILES string of the molecule is CCSC#CS(=O)(=O)c1ccc(C)cc1. The van der Waals surface area contributed by atoms with Crippen LogP contribution in [0.2, 0.25) is 0 Å². The molecule has 0 saturated heterocycles. The highest BCUT2D eigenvalue weighted by atomic mass is 32.2. The first-order valence-electron chi connectivity index (χ1n) is 4.51. The molecule has 0 radical (unpaired) electrons. The quantitative estimate of drug-likeness (QED) is 0.745. The van der Waals surface area contributed by atoms with E-state index in [-0.39, 0.29) is 4.90 Å². The minimum absolute atomic E-state index is 0.261. The molecule has 0 aliphatic rings. The molecule has 0 aliphatic carbocycles. The van der Waals surface area contributed by atoms with Crippen molar-refractivity contribution in [3.8, 4) is 10.5 Å². The van der Waals surface area contributed by atoms with Crippen LogP contribution in [0, 0.1) is 17.4 Å². The summed E-state index contributed by atoms with van der Waals surface area (Å²) in [5.41, 5.74) is 1.03. The third kappa shape index (κ3) is 3.61. The zero-order valence-corrected chi connectivity index (χ0v) is 10.3. The predicted octanol–water partition coefficient (Wildman–Crippen LogP) is 2.44. The molecule has 4 heteroatoms. The third-order valence-electron chi connectivity index (χ3n) is 1.72. The fourth-order valence-corrected chi connectivity index (χ4v) is 2.36. The van der Waals surface area contributed by atoms with Crippen LogP contribution in [0.5, 0.6) is 0 Å². The first-order chi connectivity index (χ1) is 7.06. The van der Waals surface area contributed by atoms with Gasteiger partial charge in [0.15, 0.2) is 0 Å². The molecule has 2 nitrogen and oxygen atoms in total. The molecule has 0 fully saturated rings. The Kier molecular flexibility index (Phi) is 4.25. The fourth-order valence-electron chi connectivity index (χ4n) is 0.933. The summed E-state index contributed by atoms with van der Waals surface area (Å²) in [5.74, 6) is 0.788. The molecule has 0 aromatic heterocycles. The molecule has 1 rings (SSSR count). The molecule has 0 N–H and O–H groups in total. The van der Waals surface area contributed by atoms with E-state index in [9.17, 15) is 8.42 Å². The van der Waals surface area contributed by atoms with Gasteiger partial charge in [0, 0.05) is 11.0 Å². The normalized spacial score (nSPS) is 10.5. The minimum Gasteiger partial charge on any atom is -0.210 e. The molecule has 1 aromatic carbocycles. The van der Waals surface area contributed by atoms with Gasteiger partial charge < -0.3 is 0 Å². The molecule has 15 heavy (non-hydrogen) atoms. The molecule has 0 atom stereocenters. The maximum absolute atomic E-state index is 11.6. The van der Waals surface area contributed by atoms with E-state index in [2.05, 4.69) is 10.5 Å². The highest BCUT2D eigenvalue weighted by Gasteiger charge is 2.09. The average Bonchev–Trinajstić information content (AvgIpc) is 2.18. The van der Waals surface area contributed by atoms with Gasteiger partial charge in [-0.15, -0.1) is 0 Å². The number of sulfone groups is 1. The summed E-state index contributed by atoms with van der Waals surface area (Å²) in [6.45, 7) is 3.84. The predicted molar refractivity (Wildman–Crippen MR) is 64.3 cm³/mol. The summed E-state index contributed by atoms with van der Waals surface area (Å²) in [6.07, 6.45) is 0. The Bertz CT molecular complexity index is 476. The second-order valence-electron chi connectivity index (χ2n) is 2.95. The van der Waals surface area contributed by atoms with Gasteiger partial charge in [0.2, 0.25) is 9.84 Å². The third-order valence-corrected chi connectivity index (χ3v) is 3.65. The van der Waals surface area contributed by atoms with Gasteiger partial charge in [0.1, 0.15) is 0 Å². The van der Waals surface area contributed by atoms with Crippen LogP contribution in [-0.2, 0) is 9.84 Å². The van der Waals surface area contributed by atoms with Gasteiger partial charge in [-0.3, -0.25) is 0 Å². The van der Waals surface area contributed by atoms with E-state index in [0.29, 0.717) is 0 Å². The van der Waals surface area contributed by atoms with Crippen LogP contribution in [0.15, 0.2) is 29.2 Å². The standard InChI is InChI=1S/C11H12O2S2/c1-3-14-8-9-15(12,13)11-6-4-10(2)5-7-11/h4-7H,3H2,1-2H3. The maximum Gasteiger partial charge on any atom is 0.246 e. The molecule has 0 bridgehead atoms. The zero-order chi connectivity index (χ0) is 11.3. The van der Waals surface area contributed by atoms with E-state index < -0.39 is 9.84 Å². The molecular weight excluding hydrogens is 228 g/mol. The number of hydrogen-bond acceptors (Lipinski definition) is 3. The highest BCUT2D eigenvalue weighted by molar-refractivity contribution is 8.05. The molecule has 0 aliphatic heterocycles. The molecule has 0 saturated carbocycles. The number of thioether (sulfide) groups is 1.